The summed E-state index contributed by atoms with van der Waals surface area (Å²) in [6.45, 7) is 2.55. The van der Waals surface area contributed by atoms with Crippen LogP contribution in [0.1, 0.15) is 28.0 Å². The van der Waals surface area contributed by atoms with Gasteiger partial charge < -0.3 is 14.4 Å². The molecule has 0 saturated carbocycles. The number of benzene rings is 4. The molecule has 0 aliphatic heterocycles. The topological polar surface area (TPSA) is 85.6 Å². The highest BCUT2D eigenvalue weighted by Gasteiger charge is 2.20. The van der Waals surface area contributed by atoms with Crippen molar-refractivity contribution >= 4 is 37.5 Å². The maximum Gasteiger partial charge on any atom is 0.352 e. The van der Waals surface area contributed by atoms with E-state index in [2.05, 4.69) is 0 Å². The molecule has 0 saturated heterocycles. The number of fused-ring (bicyclic) bond motifs is 2. The molecule has 0 radical (unpaired) electrons. The van der Waals surface area contributed by atoms with Crippen molar-refractivity contribution in [3.8, 4) is 16.9 Å². The van der Waals surface area contributed by atoms with Gasteiger partial charge in [-0.1, -0.05) is 48.5 Å². The minimum Gasteiger partial charge on any atom is -0.493 e. The van der Waals surface area contributed by atoms with Gasteiger partial charge in [0.05, 0.1) is 12.4 Å². The molecule has 0 bridgehead atoms. The van der Waals surface area contributed by atoms with E-state index in [1.807, 2.05) is 48.5 Å². The van der Waals surface area contributed by atoms with E-state index in [-0.39, 0.29) is 11.4 Å². The van der Waals surface area contributed by atoms with Gasteiger partial charge in [0.25, 0.3) is 0 Å². The van der Waals surface area contributed by atoms with Crippen molar-refractivity contribution in [3.63, 3.8) is 0 Å². The number of nitrogens with zero attached hydrogens (tertiary/aromatic N) is 1. The summed E-state index contributed by atoms with van der Waals surface area (Å²) in [6, 6.07) is 23.5. The van der Waals surface area contributed by atoms with Crippen molar-refractivity contribution in [2.75, 3.05) is 12.9 Å². The summed E-state index contributed by atoms with van der Waals surface area (Å²) in [6.07, 6.45) is 1.68. The van der Waals surface area contributed by atoms with Gasteiger partial charge in [-0.2, -0.15) is 0 Å². The first-order valence-corrected chi connectivity index (χ1v) is 14.6. The van der Waals surface area contributed by atoms with Crippen LogP contribution >= 0.6 is 0 Å². The van der Waals surface area contributed by atoms with E-state index < -0.39 is 21.6 Å². The first-order chi connectivity index (χ1) is 18.6. The fourth-order valence-electron chi connectivity index (χ4n) is 5.11. The molecule has 0 atom stereocenters. The number of hydrogen-bond donors (Lipinski definition) is 1. The first kappa shape index (κ1) is 26.4. The lowest BCUT2D eigenvalue weighted by molar-refractivity contribution is 0.0685. The predicted octanol–water partition coefficient (Wildman–Crippen LogP) is 6.62. The van der Waals surface area contributed by atoms with Crippen LogP contribution < -0.4 is 4.74 Å². The number of rotatable bonds is 9. The quantitative estimate of drug-likeness (QED) is 0.210. The van der Waals surface area contributed by atoms with Crippen molar-refractivity contribution in [2.24, 2.45) is 0 Å². The molecule has 5 rings (SSSR count). The number of hydrogen-bond acceptors (Lipinski definition) is 4. The van der Waals surface area contributed by atoms with Crippen LogP contribution in [0.3, 0.4) is 0 Å². The standard InChI is InChI=1S/C31H28FNO5S/c1-20-22(19-39(2,36)37)16-23(32)17-26(20)25-11-6-12-28-27(25)18-29(31(34)35)33(28)14-7-15-38-30-13-5-9-21-8-3-4-10-24(21)30/h3-6,8-13,16-18H,7,14-15,19H2,1-2H3,(H,34,35). The van der Waals surface area contributed by atoms with Gasteiger partial charge >= 0.3 is 5.97 Å². The number of aromatic nitrogens is 1. The Morgan fingerprint density at radius 2 is 1.69 bits per heavy atom. The van der Waals surface area contributed by atoms with Gasteiger partial charge in [0.2, 0.25) is 0 Å². The van der Waals surface area contributed by atoms with E-state index >= 15 is 0 Å². The summed E-state index contributed by atoms with van der Waals surface area (Å²) in [5, 5.41) is 12.7. The summed E-state index contributed by atoms with van der Waals surface area (Å²) in [5.74, 6) is -1.12. The van der Waals surface area contributed by atoms with Gasteiger partial charge in [0.15, 0.2) is 9.84 Å². The number of carboxylic acids is 1. The average molecular weight is 546 g/mol. The number of sulfone groups is 1. The Kier molecular flexibility index (Phi) is 7.14. The molecule has 0 unspecified atom stereocenters. The lowest BCUT2D eigenvalue weighted by Gasteiger charge is -2.14. The molecular weight excluding hydrogens is 517 g/mol. The molecule has 0 aliphatic rings. The second-order valence-electron chi connectivity index (χ2n) is 9.71. The summed E-state index contributed by atoms with van der Waals surface area (Å²) in [7, 11) is -3.38. The monoisotopic (exact) mass is 545 g/mol. The van der Waals surface area contributed by atoms with Gasteiger partial charge in [-0.15, -0.1) is 0 Å². The number of halogens is 1. The maximum atomic E-state index is 14.6. The van der Waals surface area contributed by atoms with Crippen molar-refractivity contribution in [3.05, 3.63) is 102 Å². The molecule has 6 nitrogen and oxygen atoms in total. The smallest absolute Gasteiger partial charge is 0.352 e. The van der Waals surface area contributed by atoms with Crippen LogP contribution in [0, 0.1) is 12.7 Å². The number of ether oxygens (including phenoxy) is 1. The second-order valence-corrected chi connectivity index (χ2v) is 11.9. The summed E-state index contributed by atoms with van der Waals surface area (Å²) >= 11 is 0. The van der Waals surface area contributed by atoms with Crippen molar-refractivity contribution in [1.82, 2.24) is 4.57 Å². The third-order valence-corrected chi connectivity index (χ3v) is 7.72. The number of carbonyl (C=O) groups is 1. The highest BCUT2D eigenvalue weighted by Crippen LogP contribution is 2.35. The first-order valence-electron chi connectivity index (χ1n) is 12.6. The van der Waals surface area contributed by atoms with E-state index in [9.17, 15) is 22.7 Å². The van der Waals surface area contributed by atoms with Crippen LogP contribution in [0.2, 0.25) is 0 Å². The molecule has 39 heavy (non-hydrogen) atoms. The maximum absolute atomic E-state index is 14.6. The van der Waals surface area contributed by atoms with Crippen LogP contribution in [0.25, 0.3) is 32.8 Å². The molecule has 5 aromatic rings. The zero-order chi connectivity index (χ0) is 27.7. The van der Waals surface area contributed by atoms with E-state index in [1.54, 1.807) is 29.7 Å². The lowest BCUT2D eigenvalue weighted by Crippen LogP contribution is -2.11. The van der Waals surface area contributed by atoms with Crippen molar-refractivity contribution in [1.29, 1.82) is 0 Å². The van der Waals surface area contributed by atoms with E-state index in [0.717, 1.165) is 22.8 Å². The van der Waals surface area contributed by atoms with Gasteiger partial charge in [0.1, 0.15) is 17.3 Å². The van der Waals surface area contributed by atoms with Crippen molar-refractivity contribution in [2.45, 2.75) is 25.6 Å². The molecule has 0 spiro atoms. The Morgan fingerprint density at radius 3 is 2.46 bits per heavy atom. The molecule has 1 aromatic heterocycles. The fourth-order valence-corrected chi connectivity index (χ4v) is 5.98. The normalized spacial score (nSPS) is 11.8. The Bertz CT molecular complexity index is 1820. The summed E-state index contributed by atoms with van der Waals surface area (Å²) < 4.78 is 46.3. The van der Waals surface area contributed by atoms with Gasteiger partial charge in [0, 0.05) is 29.1 Å². The van der Waals surface area contributed by atoms with Crippen LogP contribution in [0.15, 0.2) is 78.9 Å². The minimum absolute atomic E-state index is 0.119. The third-order valence-electron chi connectivity index (χ3n) is 6.89. The fraction of sp³-hybridized carbons (Fsp3) is 0.194. The highest BCUT2D eigenvalue weighted by atomic mass is 32.2. The molecule has 1 heterocycles. The Morgan fingerprint density at radius 1 is 0.949 bits per heavy atom. The van der Waals surface area contributed by atoms with Crippen LogP contribution in [-0.2, 0) is 22.1 Å². The van der Waals surface area contributed by atoms with Crippen LogP contribution in [-0.4, -0.2) is 36.9 Å². The zero-order valence-corrected chi connectivity index (χ0v) is 22.5. The molecule has 8 heteroatoms. The number of carboxylic acid groups (broad SMARTS) is 1. The predicted molar refractivity (Wildman–Crippen MR) is 152 cm³/mol. The van der Waals surface area contributed by atoms with Crippen LogP contribution in [0.4, 0.5) is 4.39 Å². The molecule has 0 amide bonds. The second kappa shape index (κ2) is 10.5. The minimum atomic E-state index is -3.38. The molecule has 0 aliphatic carbocycles. The average Bonchev–Trinajstić information content (AvgIpc) is 3.27. The van der Waals surface area contributed by atoms with Gasteiger partial charge in [-0.3, -0.25) is 0 Å². The Labute approximate surface area is 226 Å². The number of aryl methyl sites for hydroxylation is 1. The van der Waals surface area contributed by atoms with Crippen molar-refractivity contribution < 1.29 is 27.4 Å². The van der Waals surface area contributed by atoms with E-state index in [4.69, 9.17) is 4.74 Å². The highest BCUT2D eigenvalue weighted by molar-refractivity contribution is 7.89. The Hall–Kier alpha value is -4.17. The summed E-state index contributed by atoms with van der Waals surface area (Å²) in [4.78, 5) is 12.2. The van der Waals surface area contributed by atoms with E-state index in [0.29, 0.717) is 52.7 Å². The largest absolute Gasteiger partial charge is 0.493 e. The van der Waals surface area contributed by atoms with Gasteiger partial charge in [-0.05, 0) is 71.3 Å². The Balaban J connectivity index is 1.47. The van der Waals surface area contributed by atoms with E-state index in [1.165, 1.54) is 12.1 Å². The summed E-state index contributed by atoms with van der Waals surface area (Å²) in [5.41, 5.74) is 3.02. The molecule has 0 fully saturated rings. The SMILES string of the molecule is Cc1c(CS(C)(=O)=O)cc(F)cc1-c1cccc2c1cc(C(=O)O)n2CCCOc1cccc2ccccc12. The molecule has 200 valence electrons. The van der Waals surface area contributed by atoms with Crippen LogP contribution in [0.5, 0.6) is 5.75 Å². The number of aromatic carboxylic acids is 1. The van der Waals surface area contributed by atoms with Gasteiger partial charge in [-0.25, -0.2) is 17.6 Å². The zero-order valence-electron chi connectivity index (χ0n) is 21.6. The third kappa shape index (κ3) is 5.52. The molecule has 4 aromatic carbocycles. The molecular formula is C31H28FNO5S. The molecule has 1 N–H and O–H groups in total. The lowest BCUT2D eigenvalue weighted by atomic mass is 9.94.